The van der Waals surface area contributed by atoms with Crippen LogP contribution in [0.5, 0.6) is 5.88 Å². The summed E-state index contributed by atoms with van der Waals surface area (Å²) in [4.78, 5) is 10.6. The summed E-state index contributed by atoms with van der Waals surface area (Å²) in [6, 6.07) is 4.83. The number of amidine groups is 1. The van der Waals surface area contributed by atoms with Crippen LogP contribution >= 0.6 is 0 Å². The van der Waals surface area contributed by atoms with Crippen LogP contribution in [0.2, 0.25) is 0 Å². The number of aliphatic imine (C=N–C) groups is 1. The average molecular weight is 391 g/mol. The number of hydrogen-bond acceptors (Lipinski definition) is 6. The van der Waals surface area contributed by atoms with E-state index < -0.39 is 17.7 Å². The summed E-state index contributed by atoms with van der Waals surface area (Å²) in [5, 5.41) is 12.9. The summed E-state index contributed by atoms with van der Waals surface area (Å²) in [7, 11) is 1.50. The van der Waals surface area contributed by atoms with Crippen LogP contribution in [-0.2, 0) is 0 Å². The van der Waals surface area contributed by atoms with Gasteiger partial charge in [-0.15, -0.1) is 0 Å². The molecule has 0 amide bonds. The Balaban J connectivity index is 1.88. The summed E-state index contributed by atoms with van der Waals surface area (Å²) in [5.74, 6) is -0.670. The zero-order valence-electron chi connectivity index (χ0n) is 16.0. The van der Waals surface area contributed by atoms with E-state index in [2.05, 4.69) is 20.8 Å². The van der Waals surface area contributed by atoms with Crippen LogP contribution in [0.4, 0.5) is 20.2 Å². The Morgan fingerprint density at radius 3 is 2.64 bits per heavy atom. The normalized spacial score (nSPS) is 17.6. The van der Waals surface area contributed by atoms with E-state index in [0.29, 0.717) is 36.9 Å². The van der Waals surface area contributed by atoms with Crippen LogP contribution in [0.1, 0.15) is 11.3 Å². The minimum absolute atomic E-state index is 0.255. The van der Waals surface area contributed by atoms with Crippen molar-refractivity contribution in [1.82, 2.24) is 15.8 Å². The van der Waals surface area contributed by atoms with E-state index in [4.69, 9.17) is 4.74 Å². The second kappa shape index (κ2) is 8.49. The molecule has 1 atom stereocenters. The molecule has 1 fully saturated rings. The van der Waals surface area contributed by atoms with Gasteiger partial charge in [0.05, 0.1) is 13.2 Å². The molecule has 0 bridgehead atoms. The quantitative estimate of drug-likeness (QED) is 0.422. The Morgan fingerprint density at radius 1 is 1.29 bits per heavy atom. The van der Waals surface area contributed by atoms with Crippen molar-refractivity contribution in [2.24, 2.45) is 4.99 Å². The minimum atomic E-state index is -0.634. The summed E-state index contributed by atoms with van der Waals surface area (Å²) < 4.78 is 32.4. The van der Waals surface area contributed by atoms with E-state index >= 15 is 0 Å². The summed E-state index contributed by atoms with van der Waals surface area (Å²) in [6.07, 6.45) is 0. The molecule has 0 aliphatic carbocycles. The monoisotopic (exact) mass is 391 g/mol. The molecule has 1 saturated heterocycles. The Kier molecular flexibility index (Phi) is 6.05. The van der Waals surface area contributed by atoms with Crippen molar-refractivity contribution < 1.29 is 18.7 Å². The van der Waals surface area contributed by atoms with Gasteiger partial charge in [0.1, 0.15) is 23.2 Å². The molecule has 1 aliphatic rings. The van der Waals surface area contributed by atoms with Crippen LogP contribution in [0, 0.1) is 25.5 Å². The molecular weight excluding hydrogens is 368 g/mol. The first kappa shape index (κ1) is 20.0. The lowest BCUT2D eigenvalue weighted by Crippen LogP contribution is -2.57. The maximum Gasteiger partial charge on any atom is 0.239 e. The number of benzene rings is 1. The lowest BCUT2D eigenvalue weighted by molar-refractivity contribution is 0.227. The molecule has 28 heavy (non-hydrogen) atoms. The van der Waals surface area contributed by atoms with Gasteiger partial charge in [-0.1, -0.05) is 0 Å². The maximum atomic E-state index is 13.6. The van der Waals surface area contributed by atoms with Crippen LogP contribution in [0.15, 0.2) is 29.3 Å². The predicted molar refractivity (Wildman–Crippen MR) is 103 cm³/mol. The zero-order chi connectivity index (χ0) is 20.3. The number of halogens is 2. The Hall–Kier alpha value is -2.78. The highest BCUT2D eigenvalue weighted by Crippen LogP contribution is 2.28. The molecule has 1 aromatic carbocycles. The van der Waals surface area contributed by atoms with Gasteiger partial charge in [-0.3, -0.25) is 10.7 Å². The van der Waals surface area contributed by atoms with Crippen LogP contribution in [-0.4, -0.2) is 48.8 Å². The number of hydroxylamine groups is 1. The van der Waals surface area contributed by atoms with Gasteiger partial charge in [-0.2, -0.15) is 0 Å². The predicted octanol–water partition coefficient (Wildman–Crippen LogP) is 2.47. The number of methoxy groups -OCH3 is 1. The van der Waals surface area contributed by atoms with E-state index in [1.54, 1.807) is 0 Å². The Morgan fingerprint density at radius 2 is 2.00 bits per heavy atom. The minimum Gasteiger partial charge on any atom is -0.479 e. The third kappa shape index (κ3) is 4.37. The van der Waals surface area contributed by atoms with Crippen molar-refractivity contribution in [3.63, 3.8) is 0 Å². The zero-order valence-corrected chi connectivity index (χ0v) is 16.0. The first-order chi connectivity index (χ1) is 13.4. The van der Waals surface area contributed by atoms with Gasteiger partial charge in [0.2, 0.25) is 5.88 Å². The number of aromatic nitrogens is 1. The van der Waals surface area contributed by atoms with E-state index in [-0.39, 0.29) is 5.84 Å². The van der Waals surface area contributed by atoms with Gasteiger partial charge in [-0.25, -0.2) is 18.8 Å². The fourth-order valence-electron chi connectivity index (χ4n) is 3.10. The standard InChI is InChI=1S/C19H23F2N5O2/c1-11-6-16(19(28-3)23-12(11)2)24-18(25-27)17-10-26(5-4-22-17)15-8-13(20)7-14(21)9-15/h6-9,17,22,27H,4-5,10H2,1-3H3,(H,24,25). The summed E-state index contributed by atoms with van der Waals surface area (Å²) in [6.45, 7) is 5.25. The number of pyridine rings is 1. The maximum absolute atomic E-state index is 13.6. The molecule has 9 heteroatoms. The van der Waals surface area contributed by atoms with Gasteiger partial charge >= 0.3 is 0 Å². The summed E-state index contributed by atoms with van der Waals surface area (Å²) >= 11 is 0. The van der Waals surface area contributed by atoms with Crippen molar-refractivity contribution in [2.75, 3.05) is 31.6 Å². The van der Waals surface area contributed by atoms with Gasteiger partial charge in [-0.05, 0) is 37.6 Å². The van der Waals surface area contributed by atoms with Crippen molar-refractivity contribution in [3.8, 4) is 5.88 Å². The number of anilines is 1. The molecular formula is C19H23F2N5O2. The third-order valence-corrected chi connectivity index (χ3v) is 4.68. The highest BCUT2D eigenvalue weighted by Gasteiger charge is 2.25. The number of hydrogen-bond donors (Lipinski definition) is 3. The number of aryl methyl sites for hydroxylation is 2. The number of nitrogens with one attached hydrogen (secondary N) is 2. The highest BCUT2D eigenvalue weighted by atomic mass is 19.1. The fraction of sp³-hybridized carbons (Fsp3) is 0.368. The van der Waals surface area contributed by atoms with Crippen molar-refractivity contribution >= 4 is 17.2 Å². The first-order valence-corrected chi connectivity index (χ1v) is 8.86. The second-order valence-corrected chi connectivity index (χ2v) is 6.61. The molecule has 150 valence electrons. The highest BCUT2D eigenvalue weighted by molar-refractivity contribution is 5.90. The van der Waals surface area contributed by atoms with Crippen molar-refractivity contribution in [2.45, 2.75) is 19.9 Å². The van der Waals surface area contributed by atoms with Crippen LogP contribution < -0.4 is 20.4 Å². The van der Waals surface area contributed by atoms with Crippen molar-refractivity contribution in [3.05, 3.63) is 47.2 Å². The molecule has 2 heterocycles. The Labute approximate surface area is 162 Å². The first-order valence-electron chi connectivity index (χ1n) is 8.86. The van der Waals surface area contributed by atoms with Gasteiger partial charge in [0, 0.05) is 37.1 Å². The Bertz CT molecular complexity index is 871. The smallest absolute Gasteiger partial charge is 0.239 e. The van der Waals surface area contributed by atoms with E-state index in [0.717, 1.165) is 17.3 Å². The lowest BCUT2D eigenvalue weighted by Gasteiger charge is -2.35. The topological polar surface area (TPSA) is 82.0 Å². The molecule has 0 saturated carbocycles. The molecule has 2 aromatic rings. The SMILES string of the molecule is COc1nc(C)c(C)cc1N=C(NO)C1CN(c2cc(F)cc(F)c2)CCN1. The molecule has 3 rings (SSSR count). The number of nitrogens with zero attached hydrogens (tertiary/aromatic N) is 3. The molecule has 3 N–H and O–H groups in total. The van der Waals surface area contributed by atoms with Gasteiger partial charge < -0.3 is 15.0 Å². The third-order valence-electron chi connectivity index (χ3n) is 4.68. The largest absolute Gasteiger partial charge is 0.479 e. The molecule has 1 aromatic heterocycles. The van der Waals surface area contributed by atoms with Crippen LogP contribution in [0.3, 0.4) is 0 Å². The lowest BCUT2D eigenvalue weighted by atomic mass is 10.1. The number of piperazine rings is 1. The van der Waals surface area contributed by atoms with E-state index in [1.165, 1.54) is 19.2 Å². The average Bonchev–Trinajstić information content (AvgIpc) is 2.67. The number of ether oxygens (including phenoxy) is 1. The van der Waals surface area contributed by atoms with Gasteiger partial charge in [0.15, 0.2) is 0 Å². The van der Waals surface area contributed by atoms with E-state index in [9.17, 15) is 14.0 Å². The fourth-order valence-corrected chi connectivity index (χ4v) is 3.10. The van der Waals surface area contributed by atoms with Crippen molar-refractivity contribution in [1.29, 1.82) is 0 Å². The van der Waals surface area contributed by atoms with E-state index in [1.807, 2.05) is 24.8 Å². The van der Waals surface area contributed by atoms with Crippen LogP contribution in [0.25, 0.3) is 0 Å². The number of rotatable bonds is 4. The molecule has 0 spiro atoms. The molecule has 0 radical (unpaired) electrons. The molecule has 1 unspecified atom stereocenters. The summed E-state index contributed by atoms with van der Waals surface area (Å²) in [5.41, 5.74) is 4.80. The van der Waals surface area contributed by atoms with Gasteiger partial charge in [0.25, 0.3) is 0 Å². The molecule has 7 nitrogen and oxygen atoms in total. The second-order valence-electron chi connectivity index (χ2n) is 6.61. The molecule has 1 aliphatic heterocycles.